The number of nitrogens with zero attached hydrogens (tertiary/aromatic N) is 1. The number of carbonyl (C=O) groups is 2. The molecule has 3 aromatic rings. The number of benzene rings is 3. The van der Waals surface area contributed by atoms with Crippen LogP contribution in [0.4, 0.5) is 0 Å². The first kappa shape index (κ1) is 25.8. The molecule has 3 aromatic carbocycles. The lowest BCUT2D eigenvalue weighted by Crippen LogP contribution is -2.51. The van der Waals surface area contributed by atoms with Crippen molar-refractivity contribution in [3.63, 3.8) is 0 Å². The van der Waals surface area contributed by atoms with E-state index < -0.39 is 6.04 Å². The Morgan fingerprint density at radius 1 is 0.886 bits per heavy atom. The molecule has 0 fully saturated rings. The van der Waals surface area contributed by atoms with Gasteiger partial charge in [-0.05, 0) is 48.7 Å². The van der Waals surface area contributed by atoms with Gasteiger partial charge >= 0.3 is 0 Å². The van der Waals surface area contributed by atoms with Gasteiger partial charge in [0.25, 0.3) is 5.91 Å². The SMILES string of the molecule is CCCNC(=O)C(Cc1ccccc1)N(Cc1ccc(C)cc1)C(=O)COc1ccc(OC)cc1. The first-order valence-corrected chi connectivity index (χ1v) is 11.9. The third-order valence-corrected chi connectivity index (χ3v) is 5.72. The number of ether oxygens (including phenoxy) is 2. The molecule has 0 aliphatic carbocycles. The lowest BCUT2D eigenvalue weighted by Gasteiger charge is -2.31. The van der Waals surface area contributed by atoms with Gasteiger partial charge in [0.15, 0.2) is 6.61 Å². The maximum absolute atomic E-state index is 13.5. The van der Waals surface area contributed by atoms with E-state index in [4.69, 9.17) is 9.47 Å². The third-order valence-electron chi connectivity index (χ3n) is 5.72. The molecule has 0 aliphatic rings. The Morgan fingerprint density at radius 3 is 2.17 bits per heavy atom. The van der Waals surface area contributed by atoms with E-state index in [0.717, 1.165) is 23.1 Å². The molecule has 1 atom stereocenters. The predicted octanol–water partition coefficient (Wildman–Crippen LogP) is 4.55. The number of nitrogens with one attached hydrogen (secondary N) is 1. The molecule has 0 radical (unpaired) electrons. The summed E-state index contributed by atoms with van der Waals surface area (Å²) < 4.78 is 11.0. The fourth-order valence-electron chi connectivity index (χ4n) is 3.71. The average Bonchev–Trinajstić information content (AvgIpc) is 2.89. The van der Waals surface area contributed by atoms with Gasteiger partial charge in [-0.1, -0.05) is 67.1 Å². The van der Waals surface area contributed by atoms with Crippen LogP contribution >= 0.6 is 0 Å². The van der Waals surface area contributed by atoms with Crippen molar-refractivity contribution in [1.29, 1.82) is 0 Å². The minimum absolute atomic E-state index is 0.166. The second kappa shape index (κ2) is 13.2. The molecule has 184 valence electrons. The molecule has 0 heterocycles. The largest absolute Gasteiger partial charge is 0.497 e. The van der Waals surface area contributed by atoms with Crippen LogP contribution in [-0.4, -0.2) is 43.0 Å². The van der Waals surface area contributed by atoms with Gasteiger partial charge in [-0.25, -0.2) is 0 Å². The maximum Gasteiger partial charge on any atom is 0.261 e. The number of hydrogen-bond donors (Lipinski definition) is 1. The van der Waals surface area contributed by atoms with Gasteiger partial charge in [0.05, 0.1) is 7.11 Å². The molecular weight excluding hydrogens is 440 g/mol. The van der Waals surface area contributed by atoms with Crippen molar-refractivity contribution in [2.75, 3.05) is 20.3 Å². The molecular formula is C29H34N2O4. The zero-order valence-corrected chi connectivity index (χ0v) is 20.7. The van der Waals surface area contributed by atoms with Crippen LogP contribution in [0.1, 0.15) is 30.0 Å². The standard InChI is InChI=1S/C29H34N2O4/c1-4-18-30-29(33)27(19-23-8-6-5-7-9-23)31(20-24-12-10-22(2)11-13-24)28(32)21-35-26-16-14-25(34-3)15-17-26/h5-17,27H,4,18-21H2,1-3H3,(H,30,33). The average molecular weight is 475 g/mol. The third kappa shape index (κ3) is 7.88. The lowest BCUT2D eigenvalue weighted by atomic mass is 10.0. The Labute approximate surface area is 207 Å². The van der Waals surface area contributed by atoms with Crippen LogP contribution in [-0.2, 0) is 22.6 Å². The van der Waals surface area contributed by atoms with E-state index in [0.29, 0.717) is 31.0 Å². The highest BCUT2D eigenvalue weighted by molar-refractivity contribution is 5.88. The Balaban J connectivity index is 1.86. The van der Waals surface area contributed by atoms with E-state index >= 15 is 0 Å². The van der Waals surface area contributed by atoms with E-state index in [-0.39, 0.29) is 18.4 Å². The van der Waals surface area contributed by atoms with Gasteiger partial charge in [-0.2, -0.15) is 0 Å². The first-order chi connectivity index (χ1) is 17.0. The zero-order chi connectivity index (χ0) is 25.0. The second-order valence-electron chi connectivity index (χ2n) is 8.47. The van der Waals surface area contributed by atoms with Crippen molar-refractivity contribution in [2.45, 2.75) is 39.3 Å². The summed E-state index contributed by atoms with van der Waals surface area (Å²) in [5.74, 6) is 0.847. The van der Waals surface area contributed by atoms with Gasteiger partial charge < -0.3 is 19.7 Å². The van der Waals surface area contributed by atoms with Gasteiger partial charge in [-0.15, -0.1) is 0 Å². The number of rotatable bonds is 12. The van der Waals surface area contributed by atoms with Crippen molar-refractivity contribution >= 4 is 11.8 Å². The fraction of sp³-hybridized carbons (Fsp3) is 0.310. The van der Waals surface area contributed by atoms with Gasteiger partial charge in [0.1, 0.15) is 17.5 Å². The van der Waals surface area contributed by atoms with Crippen molar-refractivity contribution in [3.8, 4) is 11.5 Å². The number of carbonyl (C=O) groups excluding carboxylic acids is 2. The summed E-state index contributed by atoms with van der Waals surface area (Å²) >= 11 is 0. The van der Waals surface area contributed by atoms with Crippen LogP contribution in [0.5, 0.6) is 11.5 Å². The molecule has 3 rings (SSSR count). The highest BCUT2D eigenvalue weighted by atomic mass is 16.5. The van der Waals surface area contributed by atoms with Crippen LogP contribution in [0.15, 0.2) is 78.9 Å². The van der Waals surface area contributed by atoms with Crippen LogP contribution in [0.2, 0.25) is 0 Å². The number of amides is 2. The number of aryl methyl sites for hydroxylation is 1. The normalized spacial score (nSPS) is 11.4. The molecule has 0 bridgehead atoms. The molecule has 1 unspecified atom stereocenters. The molecule has 1 N–H and O–H groups in total. The fourth-order valence-corrected chi connectivity index (χ4v) is 3.71. The molecule has 6 heteroatoms. The van der Waals surface area contributed by atoms with E-state index in [1.165, 1.54) is 0 Å². The Hall–Kier alpha value is -3.80. The van der Waals surface area contributed by atoms with Crippen molar-refractivity contribution in [1.82, 2.24) is 10.2 Å². The van der Waals surface area contributed by atoms with E-state index in [1.54, 1.807) is 36.3 Å². The van der Waals surface area contributed by atoms with E-state index in [1.807, 2.05) is 68.4 Å². The number of hydrogen-bond acceptors (Lipinski definition) is 4. The highest BCUT2D eigenvalue weighted by Gasteiger charge is 2.30. The molecule has 0 aromatic heterocycles. The van der Waals surface area contributed by atoms with Crippen molar-refractivity contribution in [3.05, 3.63) is 95.6 Å². The second-order valence-corrected chi connectivity index (χ2v) is 8.47. The molecule has 0 saturated carbocycles. The summed E-state index contributed by atoms with van der Waals surface area (Å²) in [7, 11) is 1.60. The maximum atomic E-state index is 13.5. The summed E-state index contributed by atoms with van der Waals surface area (Å²) in [6.07, 6.45) is 1.23. The van der Waals surface area contributed by atoms with Crippen LogP contribution in [0, 0.1) is 6.92 Å². The summed E-state index contributed by atoms with van der Waals surface area (Å²) in [4.78, 5) is 28.4. The Morgan fingerprint density at radius 2 is 1.54 bits per heavy atom. The lowest BCUT2D eigenvalue weighted by molar-refractivity contribution is -0.142. The van der Waals surface area contributed by atoms with Crippen molar-refractivity contribution in [2.24, 2.45) is 0 Å². The molecule has 0 saturated heterocycles. The smallest absolute Gasteiger partial charge is 0.261 e. The summed E-state index contributed by atoms with van der Waals surface area (Å²) in [6, 6.07) is 24.2. The molecule has 35 heavy (non-hydrogen) atoms. The summed E-state index contributed by atoms with van der Waals surface area (Å²) in [5.41, 5.74) is 3.08. The van der Waals surface area contributed by atoms with Gasteiger partial charge in [0.2, 0.25) is 5.91 Å². The molecule has 2 amide bonds. The molecule has 0 spiro atoms. The molecule has 0 aliphatic heterocycles. The minimum Gasteiger partial charge on any atom is -0.497 e. The van der Waals surface area contributed by atoms with Crippen LogP contribution in [0.25, 0.3) is 0 Å². The highest BCUT2D eigenvalue weighted by Crippen LogP contribution is 2.19. The van der Waals surface area contributed by atoms with Crippen LogP contribution < -0.4 is 14.8 Å². The summed E-state index contributed by atoms with van der Waals surface area (Å²) in [5, 5.41) is 2.98. The Bertz CT molecular complexity index is 1070. The quantitative estimate of drug-likeness (QED) is 0.418. The van der Waals surface area contributed by atoms with E-state index in [9.17, 15) is 9.59 Å². The van der Waals surface area contributed by atoms with Gasteiger partial charge in [-0.3, -0.25) is 9.59 Å². The number of methoxy groups -OCH3 is 1. The minimum atomic E-state index is -0.669. The monoisotopic (exact) mass is 474 g/mol. The zero-order valence-electron chi connectivity index (χ0n) is 20.7. The molecule has 6 nitrogen and oxygen atoms in total. The van der Waals surface area contributed by atoms with Gasteiger partial charge in [0, 0.05) is 19.5 Å². The summed E-state index contributed by atoms with van der Waals surface area (Å²) in [6.45, 7) is 4.71. The van der Waals surface area contributed by atoms with Crippen molar-refractivity contribution < 1.29 is 19.1 Å². The topological polar surface area (TPSA) is 67.9 Å². The Kier molecular flexibility index (Phi) is 9.72. The van der Waals surface area contributed by atoms with Crippen LogP contribution in [0.3, 0.4) is 0 Å². The predicted molar refractivity (Wildman–Crippen MR) is 137 cm³/mol. The van der Waals surface area contributed by atoms with E-state index in [2.05, 4.69) is 5.32 Å². The first-order valence-electron chi connectivity index (χ1n) is 11.9.